The summed E-state index contributed by atoms with van der Waals surface area (Å²) in [6.07, 6.45) is -1.97. The number of ether oxygens (including phenoxy) is 1. The SMILES string of the molecule is CC(=O)N1CC(c2ccc3ncnc(Nc4ccc(Oc5ccc(C(F)(F)F)nc5)cc4)c3c2)C1. The minimum Gasteiger partial charge on any atom is -0.456 e. The molecule has 0 bridgehead atoms. The minimum atomic E-state index is -4.50. The maximum absolute atomic E-state index is 12.7. The molecule has 0 aliphatic carbocycles. The van der Waals surface area contributed by atoms with Crippen LogP contribution in [0.2, 0.25) is 0 Å². The minimum absolute atomic E-state index is 0.0785. The third-order valence-electron chi connectivity index (χ3n) is 5.84. The summed E-state index contributed by atoms with van der Waals surface area (Å²) in [6, 6.07) is 15.1. The first kappa shape index (κ1) is 22.6. The van der Waals surface area contributed by atoms with E-state index in [1.165, 1.54) is 12.4 Å². The largest absolute Gasteiger partial charge is 0.456 e. The van der Waals surface area contributed by atoms with Gasteiger partial charge in [0.1, 0.15) is 29.3 Å². The Kier molecular flexibility index (Phi) is 5.72. The van der Waals surface area contributed by atoms with E-state index in [0.717, 1.165) is 34.4 Å². The molecule has 0 atom stereocenters. The summed E-state index contributed by atoms with van der Waals surface area (Å²) in [7, 11) is 0. The molecule has 1 N–H and O–H groups in total. The molecule has 1 aliphatic rings. The Morgan fingerprint density at radius 3 is 2.40 bits per heavy atom. The van der Waals surface area contributed by atoms with Crippen molar-refractivity contribution in [1.82, 2.24) is 19.9 Å². The van der Waals surface area contributed by atoms with Crippen molar-refractivity contribution < 1.29 is 22.7 Å². The van der Waals surface area contributed by atoms with Gasteiger partial charge in [-0.3, -0.25) is 4.79 Å². The monoisotopic (exact) mass is 479 g/mol. The summed E-state index contributed by atoms with van der Waals surface area (Å²) in [5.41, 5.74) is 1.70. The topological polar surface area (TPSA) is 80.2 Å². The van der Waals surface area contributed by atoms with Gasteiger partial charge >= 0.3 is 6.18 Å². The second-order valence-electron chi connectivity index (χ2n) is 8.25. The molecular weight excluding hydrogens is 459 g/mol. The van der Waals surface area contributed by atoms with Gasteiger partial charge in [0, 0.05) is 37.0 Å². The molecule has 2 aromatic heterocycles. The molecule has 5 rings (SSSR count). The van der Waals surface area contributed by atoms with Crippen LogP contribution in [0.4, 0.5) is 24.7 Å². The van der Waals surface area contributed by atoms with E-state index in [4.69, 9.17) is 4.74 Å². The Balaban J connectivity index is 1.30. The molecule has 1 fully saturated rings. The number of hydrogen-bond donors (Lipinski definition) is 1. The number of amides is 1. The van der Waals surface area contributed by atoms with Crippen LogP contribution in [0.25, 0.3) is 10.9 Å². The van der Waals surface area contributed by atoms with E-state index in [0.29, 0.717) is 24.7 Å². The van der Waals surface area contributed by atoms with E-state index in [2.05, 4.69) is 26.3 Å². The summed E-state index contributed by atoms with van der Waals surface area (Å²) >= 11 is 0. The predicted molar refractivity (Wildman–Crippen MR) is 124 cm³/mol. The van der Waals surface area contributed by atoms with Gasteiger partial charge in [-0.1, -0.05) is 6.07 Å². The van der Waals surface area contributed by atoms with Crippen LogP contribution in [0.15, 0.2) is 67.1 Å². The first-order valence-electron chi connectivity index (χ1n) is 10.8. The van der Waals surface area contributed by atoms with Crippen molar-refractivity contribution in [2.24, 2.45) is 0 Å². The Hall–Kier alpha value is -4.21. The molecule has 0 unspecified atom stereocenters. The highest BCUT2D eigenvalue weighted by molar-refractivity contribution is 5.91. The molecular formula is C25H20F3N5O2. The van der Waals surface area contributed by atoms with Gasteiger partial charge in [-0.2, -0.15) is 13.2 Å². The molecule has 1 amide bonds. The second kappa shape index (κ2) is 8.86. The molecule has 10 heteroatoms. The number of rotatable bonds is 5. The number of alkyl halides is 3. The average molecular weight is 479 g/mol. The summed E-state index contributed by atoms with van der Waals surface area (Å²) in [5.74, 6) is 1.65. The fourth-order valence-electron chi connectivity index (χ4n) is 3.86. The van der Waals surface area contributed by atoms with Crippen molar-refractivity contribution in [1.29, 1.82) is 0 Å². The number of aromatic nitrogens is 3. The van der Waals surface area contributed by atoms with Crippen LogP contribution >= 0.6 is 0 Å². The number of hydrogen-bond acceptors (Lipinski definition) is 6. The summed E-state index contributed by atoms with van der Waals surface area (Å²) < 4.78 is 43.6. The molecule has 0 spiro atoms. The van der Waals surface area contributed by atoms with Gasteiger partial charge in [0.25, 0.3) is 0 Å². The number of likely N-dealkylation sites (tertiary alicyclic amines) is 1. The van der Waals surface area contributed by atoms with Gasteiger partial charge in [-0.15, -0.1) is 0 Å². The lowest BCUT2D eigenvalue weighted by Gasteiger charge is -2.39. The zero-order valence-corrected chi connectivity index (χ0v) is 18.6. The lowest BCUT2D eigenvalue weighted by molar-refractivity contribution is -0.141. The number of nitrogens with one attached hydrogen (secondary N) is 1. The van der Waals surface area contributed by atoms with Gasteiger partial charge in [-0.05, 0) is 54.1 Å². The van der Waals surface area contributed by atoms with Crippen LogP contribution in [0, 0.1) is 0 Å². The van der Waals surface area contributed by atoms with Gasteiger partial charge in [0.15, 0.2) is 0 Å². The molecule has 0 saturated carbocycles. The van der Waals surface area contributed by atoms with Crippen molar-refractivity contribution in [2.75, 3.05) is 18.4 Å². The van der Waals surface area contributed by atoms with Crippen LogP contribution in [0.1, 0.15) is 24.1 Å². The van der Waals surface area contributed by atoms with Crippen molar-refractivity contribution in [3.8, 4) is 11.5 Å². The summed E-state index contributed by atoms with van der Waals surface area (Å²) in [6.45, 7) is 2.98. The number of carbonyl (C=O) groups excluding carboxylic acids is 1. The van der Waals surface area contributed by atoms with Crippen LogP contribution in [0.5, 0.6) is 11.5 Å². The molecule has 1 saturated heterocycles. The lowest BCUT2D eigenvalue weighted by Crippen LogP contribution is -2.47. The van der Waals surface area contributed by atoms with Crippen LogP contribution < -0.4 is 10.1 Å². The Morgan fingerprint density at radius 2 is 1.74 bits per heavy atom. The Labute approximate surface area is 198 Å². The van der Waals surface area contributed by atoms with Gasteiger partial charge in [0.05, 0.1) is 11.7 Å². The standard InChI is InChI=1S/C25H20F3N5O2/c1-15(34)33-12-17(13-33)16-2-8-22-21(10-16)24(31-14-30-22)32-18-3-5-19(6-4-18)35-20-7-9-23(29-11-20)25(26,27)28/h2-11,14,17H,12-13H2,1H3,(H,30,31,32). The average Bonchev–Trinajstić information content (AvgIpc) is 2.79. The van der Waals surface area contributed by atoms with Crippen LogP contribution in [0.3, 0.4) is 0 Å². The normalized spacial score (nSPS) is 14.0. The zero-order valence-electron chi connectivity index (χ0n) is 18.6. The van der Waals surface area contributed by atoms with Gasteiger partial charge in [0.2, 0.25) is 5.91 Å². The fourth-order valence-corrected chi connectivity index (χ4v) is 3.86. The van der Waals surface area contributed by atoms with E-state index in [9.17, 15) is 18.0 Å². The summed E-state index contributed by atoms with van der Waals surface area (Å²) in [4.78, 5) is 25.4. The van der Waals surface area contributed by atoms with Crippen molar-refractivity contribution in [3.05, 3.63) is 78.4 Å². The van der Waals surface area contributed by atoms with Crippen LogP contribution in [-0.2, 0) is 11.0 Å². The molecule has 2 aromatic carbocycles. The van der Waals surface area contributed by atoms with E-state index < -0.39 is 11.9 Å². The molecule has 7 nitrogen and oxygen atoms in total. The highest BCUT2D eigenvalue weighted by Crippen LogP contribution is 2.32. The van der Waals surface area contributed by atoms with Crippen molar-refractivity contribution in [3.63, 3.8) is 0 Å². The smallest absolute Gasteiger partial charge is 0.433 e. The molecule has 4 aromatic rings. The van der Waals surface area contributed by atoms with E-state index >= 15 is 0 Å². The Morgan fingerprint density at radius 1 is 1.00 bits per heavy atom. The van der Waals surface area contributed by atoms with Crippen molar-refractivity contribution >= 4 is 28.3 Å². The van der Waals surface area contributed by atoms with E-state index in [-0.39, 0.29) is 17.6 Å². The number of fused-ring (bicyclic) bond motifs is 1. The molecule has 178 valence electrons. The summed E-state index contributed by atoms with van der Waals surface area (Å²) in [5, 5.41) is 4.15. The lowest BCUT2D eigenvalue weighted by atomic mass is 9.90. The Bertz CT molecular complexity index is 1370. The number of halogens is 3. The number of benzene rings is 2. The zero-order chi connectivity index (χ0) is 24.6. The first-order valence-corrected chi connectivity index (χ1v) is 10.8. The predicted octanol–water partition coefficient (Wildman–Crippen LogP) is 5.53. The highest BCUT2D eigenvalue weighted by atomic mass is 19.4. The quantitative estimate of drug-likeness (QED) is 0.406. The highest BCUT2D eigenvalue weighted by Gasteiger charge is 2.32. The number of nitrogens with zero attached hydrogens (tertiary/aromatic N) is 4. The third-order valence-corrected chi connectivity index (χ3v) is 5.84. The van der Waals surface area contributed by atoms with Crippen molar-refractivity contribution in [2.45, 2.75) is 19.0 Å². The van der Waals surface area contributed by atoms with E-state index in [1.807, 2.05) is 12.1 Å². The van der Waals surface area contributed by atoms with Gasteiger partial charge < -0.3 is 15.0 Å². The molecule has 3 heterocycles. The maximum Gasteiger partial charge on any atom is 0.433 e. The van der Waals surface area contributed by atoms with Crippen LogP contribution in [-0.4, -0.2) is 38.8 Å². The first-order chi connectivity index (χ1) is 16.8. The number of pyridine rings is 1. The molecule has 1 aliphatic heterocycles. The number of carbonyl (C=O) groups is 1. The van der Waals surface area contributed by atoms with E-state index in [1.54, 1.807) is 36.1 Å². The third kappa shape index (κ3) is 4.86. The maximum atomic E-state index is 12.7. The molecule has 0 radical (unpaired) electrons. The fraction of sp³-hybridized carbons (Fsp3) is 0.200. The number of anilines is 2. The second-order valence-corrected chi connectivity index (χ2v) is 8.25. The van der Waals surface area contributed by atoms with Gasteiger partial charge in [-0.25, -0.2) is 15.0 Å². The molecule has 35 heavy (non-hydrogen) atoms.